The van der Waals surface area contributed by atoms with Crippen molar-refractivity contribution in [2.75, 3.05) is 0 Å². The molecule has 1 N–H and O–H groups in total. The fraction of sp³-hybridized carbons (Fsp3) is 0.462. The Bertz CT molecular complexity index is 622. The molecule has 1 aliphatic carbocycles. The highest BCUT2D eigenvalue weighted by molar-refractivity contribution is 9.09. The average molecular weight is 343 g/mol. The molecule has 2 rings (SSSR count). The number of benzene rings is 1. The molecular weight excluding hydrogens is 328 g/mol. The van der Waals surface area contributed by atoms with E-state index in [1.807, 2.05) is 6.07 Å². The Hall–Kier alpha value is -0.900. The molecule has 4 nitrogen and oxygen atoms in total. The lowest BCUT2D eigenvalue weighted by Crippen LogP contribution is -2.37. The molecule has 0 aromatic heterocycles. The third kappa shape index (κ3) is 3.16. The molecule has 102 valence electrons. The molecule has 0 spiro atoms. The van der Waals surface area contributed by atoms with Crippen molar-refractivity contribution in [3.05, 3.63) is 29.3 Å². The Morgan fingerprint density at radius 3 is 2.74 bits per heavy atom. The first-order chi connectivity index (χ1) is 8.94. The summed E-state index contributed by atoms with van der Waals surface area (Å²) in [4.78, 5) is 0.375. The average Bonchev–Trinajstić information content (AvgIpc) is 2.75. The molecule has 0 aliphatic heterocycles. The van der Waals surface area contributed by atoms with Gasteiger partial charge in [-0.3, -0.25) is 0 Å². The van der Waals surface area contributed by atoms with E-state index in [1.54, 1.807) is 19.1 Å². The topological polar surface area (TPSA) is 70.0 Å². The number of halogens is 1. The molecule has 1 aromatic rings. The summed E-state index contributed by atoms with van der Waals surface area (Å²) in [5, 5.41) is 8.87. The number of sulfonamides is 1. The minimum absolute atomic E-state index is 0.0739. The Labute approximate surface area is 122 Å². The lowest BCUT2D eigenvalue weighted by atomic mass is 10.2. The first-order valence-corrected chi connectivity index (χ1v) is 8.51. The van der Waals surface area contributed by atoms with Crippen molar-refractivity contribution in [1.82, 2.24) is 4.72 Å². The van der Waals surface area contributed by atoms with Gasteiger partial charge in [-0.05, 0) is 37.5 Å². The van der Waals surface area contributed by atoms with E-state index in [2.05, 4.69) is 20.7 Å². The van der Waals surface area contributed by atoms with Crippen LogP contribution in [0, 0.1) is 18.3 Å². The van der Waals surface area contributed by atoms with Gasteiger partial charge in [0.05, 0.1) is 16.5 Å². The van der Waals surface area contributed by atoms with Crippen molar-refractivity contribution in [3.63, 3.8) is 0 Å². The first-order valence-electron chi connectivity index (χ1n) is 6.11. The van der Waals surface area contributed by atoms with E-state index in [-0.39, 0.29) is 15.8 Å². The van der Waals surface area contributed by atoms with Gasteiger partial charge in [-0.2, -0.15) is 5.26 Å². The van der Waals surface area contributed by atoms with Gasteiger partial charge in [0.15, 0.2) is 0 Å². The molecule has 2 atom stereocenters. The molecule has 1 aromatic carbocycles. The fourth-order valence-electron chi connectivity index (χ4n) is 2.27. The van der Waals surface area contributed by atoms with Crippen LogP contribution in [0.3, 0.4) is 0 Å². The number of hydrogen-bond donors (Lipinski definition) is 1. The standard InChI is InChI=1S/C13H15BrN2O2S/c1-9-5-6-10(8-15)7-13(9)19(17,18)16-12-4-2-3-11(12)14/h5-7,11-12,16H,2-4H2,1H3. The molecule has 0 bridgehead atoms. The van der Waals surface area contributed by atoms with Crippen molar-refractivity contribution in [1.29, 1.82) is 5.26 Å². The van der Waals surface area contributed by atoms with Crippen LogP contribution in [0.5, 0.6) is 0 Å². The summed E-state index contributed by atoms with van der Waals surface area (Å²) < 4.78 is 27.5. The van der Waals surface area contributed by atoms with Gasteiger partial charge < -0.3 is 0 Å². The third-order valence-corrected chi connectivity index (χ3v) is 6.07. The summed E-state index contributed by atoms with van der Waals surface area (Å²) >= 11 is 3.50. The van der Waals surface area contributed by atoms with Gasteiger partial charge >= 0.3 is 0 Å². The van der Waals surface area contributed by atoms with Crippen LogP contribution in [0.4, 0.5) is 0 Å². The second kappa shape index (κ2) is 5.61. The van der Waals surface area contributed by atoms with E-state index in [9.17, 15) is 8.42 Å². The van der Waals surface area contributed by atoms with Crippen LogP contribution >= 0.6 is 15.9 Å². The highest BCUT2D eigenvalue weighted by Crippen LogP contribution is 2.27. The second-order valence-electron chi connectivity index (χ2n) is 4.77. The largest absolute Gasteiger partial charge is 0.241 e. The van der Waals surface area contributed by atoms with Crippen LogP contribution in [-0.4, -0.2) is 19.3 Å². The predicted molar refractivity (Wildman–Crippen MR) is 76.6 cm³/mol. The maximum atomic E-state index is 12.4. The normalized spacial score (nSPS) is 23.2. The molecule has 2 unspecified atom stereocenters. The second-order valence-corrected chi connectivity index (χ2v) is 7.63. The number of nitrogens with zero attached hydrogens (tertiary/aromatic N) is 1. The highest BCUT2D eigenvalue weighted by atomic mass is 79.9. The highest BCUT2D eigenvalue weighted by Gasteiger charge is 2.30. The Balaban J connectivity index is 2.32. The van der Waals surface area contributed by atoms with Crippen LogP contribution in [0.1, 0.15) is 30.4 Å². The Morgan fingerprint density at radius 2 is 2.16 bits per heavy atom. The quantitative estimate of drug-likeness (QED) is 0.857. The van der Waals surface area contributed by atoms with Gasteiger partial charge in [-0.1, -0.05) is 28.4 Å². The predicted octanol–water partition coefficient (Wildman–Crippen LogP) is 2.46. The minimum atomic E-state index is -3.57. The summed E-state index contributed by atoms with van der Waals surface area (Å²) in [5.41, 5.74) is 1.00. The SMILES string of the molecule is Cc1ccc(C#N)cc1S(=O)(=O)NC1CCCC1Br. The van der Waals surface area contributed by atoms with Crippen LogP contribution in [0.2, 0.25) is 0 Å². The third-order valence-electron chi connectivity index (χ3n) is 3.34. The van der Waals surface area contributed by atoms with Crippen molar-refractivity contribution in [3.8, 4) is 6.07 Å². The van der Waals surface area contributed by atoms with Crippen LogP contribution in [-0.2, 0) is 10.0 Å². The van der Waals surface area contributed by atoms with Gasteiger partial charge in [-0.25, -0.2) is 13.1 Å². The van der Waals surface area contributed by atoms with E-state index in [4.69, 9.17) is 5.26 Å². The van der Waals surface area contributed by atoms with Crippen molar-refractivity contribution < 1.29 is 8.42 Å². The Morgan fingerprint density at radius 1 is 1.42 bits per heavy atom. The zero-order chi connectivity index (χ0) is 14.0. The molecular formula is C13H15BrN2O2S. The van der Waals surface area contributed by atoms with Gasteiger partial charge in [0, 0.05) is 10.9 Å². The lowest BCUT2D eigenvalue weighted by Gasteiger charge is -2.17. The van der Waals surface area contributed by atoms with Crippen LogP contribution in [0.15, 0.2) is 23.1 Å². The number of hydrogen-bond acceptors (Lipinski definition) is 3. The molecule has 0 saturated heterocycles. The molecule has 1 fully saturated rings. The molecule has 19 heavy (non-hydrogen) atoms. The maximum absolute atomic E-state index is 12.4. The molecule has 6 heteroatoms. The van der Waals surface area contributed by atoms with Gasteiger partial charge in [0.25, 0.3) is 0 Å². The summed E-state index contributed by atoms with van der Waals surface area (Å²) in [6.07, 6.45) is 2.83. The summed E-state index contributed by atoms with van der Waals surface area (Å²) in [6, 6.07) is 6.60. The number of rotatable bonds is 3. The number of nitrogens with one attached hydrogen (secondary N) is 1. The van der Waals surface area contributed by atoms with E-state index in [0.29, 0.717) is 11.1 Å². The Kier molecular flexibility index (Phi) is 4.29. The van der Waals surface area contributed by atoms with E-state index in [1.165, 1.54) is 6.07 Å². The summed E-state index contributed by atoms with van der Waals surface area (Å²) in [7, 11) is -3.57. The zero-order valence-corrected chi connectivity index (χ0v) is 13.0. The summed E-state index contributed by atoms with van der Waals surface area (Å²) in [6.45, 7) is 1.73. The van der Waals surface area contributed by atoms with E-state index >= 15 is 0 Å². The molecule has 0 amide bonds. The fourth-order valence-corrected chi connectivity index (χ4v) is 4.75. The monoisotopic (exact) mass is 342 g/mol. The van der Waals surface area contributed by atoms with Crippen LogP contribution < -0.4 is 4.72 Å². The number of nitriles is 1. The van der Waals surface area contributed by atoms with Crippen molar-refractivity contribution in [2.45, 2.75) is 42.0 Å². The van der Waals surface area contributed by atoms with E-state index in [0.717, 1.165) is 19.3 Å². The maximum Gasteiger partial charge on any atom is 0.241 e. The van der Waals surface area contributed by atoms with E-state index < -0.39 is 10.0 Å². The van der Waals surface area contributed by atoms with Crippen molar-refractivity contribution >= 4 is 26.0 Å². The molecule has 0 radical (unpaired) electrons. The summed E-state index contributed by atoms with van der Waals surface area (Å²) in [5.74, 6) is 0. The van der Waals surface area contributed by atoms with Gasteiger partial charge in [0.2, 0.25) is 10.0 Å². The van der Waals surface area contributed by atoms with Gasteiger partial charge in [0.1, 0.15) is 0 Å². The molecule has 1 saturated carbocycles. The first kappa shape index (κ1) is 14.5. The lowest BCUT2D eigenvalue weighted by molar-refractivity contribution is 0.556. The molecule has 0 heterocycles. The van der Waals surface area contributed by atoms with Gasteiger partial charge in [-0.15, -0.1) is 0 Å². The van der Waals surface area contributed by atoms with Crippen LogP contribution in [0.25, 0.3) is 0 Å². The molecule has 1 aliphatic rings. The van der Waals surface area contributed by atoms with Crippen molar-refractivity contribution in [2.24, 2.45) is 0 Å². The number of alkyl halides is 1. The smallest absolute Gasteiger partial charge is 0.207 e. The minimum Gasteiger partial charge on any atom is -0.207 e. The number of aryl methyl sites for hydroxylation is 1. The zero-order valence-electron chi connectivity index (χ0n) is 10.6.